The normalized spacial score (nSPS) is 45.1. The van der Waals surface area contributed by atoms with Crippen LogP contribution in [0.15, 0.2) is 0 Å². The number of hydrogen-bond donors (Lipinski definition) is 11. The van der Waals surface area contributed by atoms with E-state index in [1.165, 1.54) is 12.8 Å². The molecule has 13 saturated carbocycles. The van der Waals surface area contributed by atoms with Crippen LogP contribution >= 0.6 is 0 Å². The number of aliphatic hydroxyl groups excluding tert-OH is 5. The fourth-order valence-corrected chi connectivity index (χ4v) is 33.5. The second kappa shape index (κ2) is 39.3. The van der Waals surface area contributed by atoms with E-state index in [0.717, 1.165) is 199 Å². The maximum Gasteiger partial charge on any atom is 0.303 e. The molecule has 0 aromatic rings. The van der Waals surface area contributed by atoms with Crippen LogP contribution in [0.4, 0.5) is 0 Å². The predicted molar refractivity (Wildman–Crippen MR) is 473 cm³/mol. The summed E-state index contributed by atoms with van der Waals surface area (Å²) >= 11 is 0. The summed E-state index contributed by atoms with van der Waals surface area (Å²) in [7, 11) is 0. The number of rotatable bonds is 39. The molecule has 0 aromatic heterocycles. The van der Waals surface area contributed by atoms with Gasteiger partial charge in [-0.25, -0.2) is 0 Å². The van der Waals surface area contributed by atoms with Gasteiger partial charge in [-0.3, -0.25) is 28.8 Å². The minimum absolute atomic E-state index is 0.0213. The van der Waals surface area contributed by atoms with E-state index in [1.807, 2.05) is 20.8 Å². The molecule has 20 nitrogen and oxygen atoms in total. The lowest BCUT2D eigenvalue weighted by Crippen LogP contribution is -2.62. The van der Waals surface area contributed by atoms with E-state index in [-0.39, 0.29) is 159 Å². The Morgan fingerprint density at radius 3 is 0.984 bits per heavy atom. The molecule has 13 aliphatic carbocycles. The lowest BCUT2D eigenvalue weighted by Gasteiger charge is -2.63. The van der Waals surface area contributed by atoms with Crippen molar-refractivity contribution in [3.05, 3.63) is 0 Å². The number of hydrogen-bond acceptors (Lipinski definition) is 14. The van der Waals surface area contributed by atoms with Gasteiger partial charge in [0.25, 0.3) is 0 Å². The first kappa shape index (κ1) is 96.1. The van der Waals surface area contributed by atoms with E-state index in [2.05, 4.69) is 78.3 Å². The van der Waals surface area contributed by atoms with E-state index in [0.29, 0.717) is 126 Å². The topological polar surface area (TPSA) is 328 Å². The van der Waals surface area contributed by atoms with Crippen LogP contribution in [0.3, 0.4) is 0 Å². The molecule has 696 valence electrons. The highest BCUT2D eigenvalue weighted by molar-refractivity contribution is 5.90. The smallest absolute Gasteiger partial charge is 0.303 e. The van der Waals surface area contributed by atoms with Crippen molar-refractivity contribution in [1.29, 1.82) is 0 Å². The monoisotopic (exact) mass is 1710 g/mol. The van der Waals surface area contributed by atoms with Gasteiger partial charge in [0, 0.05) is 75.0 Å². The van der Waals surface area contributed by atoms with Crippen LogP contribution < -0.4 is 16.0 Å². The molecule has 13 rings (SSSR count). The van der Waals surface area contributed by atoms with Gasteiger partial charge in [-0.2, -0.15) is 0 Å². The number of carbonyl (C=O) groups is 6. The SMILES string of the molecule is C[C@H](CCC(=O)O)[C@H]1CC[C@H]2[C@H]3C(C[C@H](O)[C@]12C)[C@@]1(C)CC[C@H](OCCCCCCNC(=O)C2(C)CC(C)(C(=O)NCCCCCCO[C@H]4CC[C@@]5(C)[C@@H](C4)C[C@@H](O)[C@@H]4[C@@H]5C[C@H](O)[C@]5(C)[C@@H]([C@H](C)CCC(=O)O)CC[C@@H]45)CC(C)(C(=O)NCCCCCCO[C@H]4CC[C@]5(C)C6C[C@H](O)[C@]7(C)[C@@H]([C@H](C)CCC(=O)O)CC[C@H]7[C@@H]6CC[C@@H]5C4)C2)C[C@H]1C[C@H]3O. The maximum atomic E-state index is 14.8. The summed E-state index contributed by atoms with van der Waals surface area (Å²) in [5.74, 6) is 3.03. The van der Waals surface area contributed by atoms with Crippen molar-refractivity contribution in [2.24, 2.45) is 155 Å². The summed E-state index contributed by atoms with van der Waals surface area (Å²) in [5, 5.41) is 98.8. The van der Waals surface area contributed by atoms with Crippen LogP contribution in [-0.4, -0.2) is 165 Å². The summed E-state index contributed by atoms with van der Waals surface area (Å²) < 4.78 is 20.0. The summed E-state index contributed by atoms with van der Waals surface area (Å²) in [5.41, 5.74) is -3.51. The van der Waals surface area contributed by atoms with Crippen LogP contribution in [-0.2, 0) is 43.0 Å². The number of aliphatic carboxylic acids is 3. The molecule has 35 atom stereocenters. The van der Waals surface area contributed by atoms with Crippen molar-refractivity contribution in [3.63, 3.8) is 0 Å². The second-order valence-electron chi connectivity index (χ2n) is 46.9. The molecule has 13 fully saturated rings. The van der Waals surface area contributed by atoms with Crippen molar-refractivity contribution in [2.45, 2.75) is 408 Å². The molecule has 0 bridgehead atoms. The van der Waals surface area contributed by atoms with E-state index in [9.17, 15) is 69.6 Å². The van der Waals surface area contributed by atoms with Crippen molar-refractivity contribution in [2.75, 3.05) is 39.5 Å². The van der Waals surface area contributed by atoms with Crippen LogP contribution in [0, 0.1) is 155 Å². The summed E-state index contributed by atoms with van der Waals surface area (Å²) in [6.45, 7) is 30.2. The lowest BCUT2D eigenvalue weighted by molar-refractivity contribution is -0.209. The maximum absolute atomic E-state index is 14.8. The van der Waals surface area contributed by atoms with Crippen molar-refractivity contribution in [1.82, 2.24) is 16.0 Å². The predicted octanol–water partition coefficient (Wildman–Crippen LogP) is 17.7. The minimum Gasteiger partial charge on any atom is -0.481 e. The molecule has 13 aliphatic rings. The van der Waals surface area contributed by atoms with Crippen LogP contribution in [0.1, 0.15) is 359 Å². The van der Waals surface area contributed by atoms with Gasteiger partial charge in [-0.05, 0) is 357 Å². The van der Waals surface area contributed by atoms with Crippen molar-refractivity contribution < 1.29 is 83.8 Å². The zero-order chi connectivity index (χ0) is 87.9. The molecule has 20 heteroatoms. The summed E-state index contributed by atoms with van der Waals surface area (Å²) in [6, 6.07) is 0. The Morgan fingerprint density at radius 1 is 0.336 bits per heavy atom. The summed E-state index contributed by atoms with van der Waals surface area (Å²) in [4.78, 5) is 78.9. The number of carbonyl (C=O) groups excluding carboxylic acids is 3. The highest BCUT2D eigenvalue weighted by Gasteiger charge is 2.70. The minimum atomic E-state index is -0.987. The van der Waals surface area contributed by atoms with Gasteiger partial charge in [-0.15, -0.1) is 0 Å². The highest BCUT2D eigenvalue weighted by atomic mass is 16.5. The van der Waals surface area contributed by atoms with Crippen LogP contribution in [0.25, 0.3) is 0 Å². The fraction of sp³-hybridized carbons (Fsp3) is 0.941. The average Bonchev–Trinajstić information content (AvgIpc) is 1.36. The Morgan fingerprint density at radius 2 is 0.639 bits per heavy atom. The Balaban J connectivity index is 0.545. The largest absolute Gasteiger partial charge is 0.481 e. The lowest BCUT2D eigenvalue weighted by atomic mass is 9.43. The van der Waals surface area contributed by atoms with Gasteiger partial charge in [0.15, 0.2) is 0 Å². The van der Waals surface area contributed by atoms with Crippen LogP contribution in [0.2, 0.25) is 0 Å². The van der Waals surface area contributed by atoms with Gasteiger partial charge >= 0.3 is 17.9 Å². The van der Waals surface area contributed by atoms with Crippen molar-refractivity contribution in [3.8, 4) is 0 Å². The zero-order valence-corrected chi connectivity index (χ0v) is 77.9. The number of nitrogens with one attached hydrogen (secondary N) is 3. The number of amides is 3. The summed E-state index contributed by atoms with van der Waals surface area (Å²) in [6.07, 6.45) is 34.1. The number of aliphatic hydroxyl groups is 5. The van der Waals surface area contributed by atoms with Gasteiger partial charge in [0.1, 0.15) is 0 Å². The molecule has 0 aliphatic heterocycles. The fourth-order valence-electron chi connectivity index (χ4n) is 33.5. The third kappa shape index (κ3) is 19.2. The van der Waals surface area contributed by atoms with Gasteiger partial charge < -0.3 is 71.0 Å². The molecule has 0 heterocycles. The van der Waals surface area contributed by atoms with E-state index in [4.69, 9.17) is 14.2 Å². The second-order valence-corrected chi connectivity index (χ2v) is 46.9. The Kier molecular flexibility index (Phi) is 30.9. The molecular weight excluding hydrogens is 1540 g/mol. The molecular formula is C102H171N3O17. The Hall–Kier alpha value is -3.50. The molecule has 5 unspecified atom stereocenters. The van der Waals surface area contributed by atoms with Crippen LogP contribution in [0.5, 0.6) is 0 Å². The molecule has 0 spiro atoms. The molecule has 0 radical (unpaired) electrons. The van der Waals surface area contributed by atoms with E-state index < -0.39 is 58.6 Å². The first-order valence-corrected chi connectivity index (χ1v) is 50.5. The van der Waals surface area contributed by atoms with E-state index in [1.54, 1.807) is 0 Å². The number of fused-ring (bicyclic) bond motifs is 15. The van der Waals surface area contributed by atoms with Gasteiger partial charge in [-0.1, -0.05) is 122 Å². The Bertz CT molecular complexity index is 3390. The number of ether oxygens (including phenoxy) is 3. The number of carboxylic acid groups (broad SMARTS) is 3. The molecule has 11 N–H and O–H groups in total. The zero-order valence-electron chi connectivity index (χ0n) is 77.9. The third-order valence-electron chi connectivity index (χ3n) is 40.0. The van der Waals surface area contributed by atoms with Gasteiger partial charge in [0.05, 0.1) is 48.8 Å². The highest BCUT2D eigenvalue weighted by Crippen LogP contribution is 2.73. The quantitative estimate of drug-likeness (QED) is 0.0255. The molecule has 0 saturated heterocycles. The third-order valence-corrected chi connectivity index (χ3v) is 40.0. The van der Waals surface area contributed by atoms with Crippen molar-refractivity contribution >= 4 is 35.6 Å². The molecule has 3 amide bonds. The number of carboxylic acids is 3. The average molecular weight is 1710 g/mol. The molecule has 0 aromatic carbocycles. The molecule has 122 heavy (non-hydrogen) atoms. The Labute approximate surface area is 734 Å². The first-order chi connectivity index (χ1) is 57.8. The standard InChI is InChI=1S/C102H171N3O17/c1-62(25-36-86(111)112)72-30-33-75-71-29-28-65-51-68(39-42-97(65,7)78(71)56-83(108)100(72,75)10)120-48-22-16-13-19-45-103-91(117)94(4)59-95(5,92(118)104-46-20-14-17-23-49-121-69-40-43-98(8)66(52-69)54-81(106)89-76-34-31-73(63(2)26-37-87(113)114)101(76,11)84(109)57-79(89)98)61-96(6,60-94)93(119)105-47-21-15-18-24-50-122-70-41-44-99(9)67(53-70)55-82(107)90-77-35-32-74(64(3)27-38-88(115)116)102(77,12)85(110)58-80(90)99/h62-85,89-90,106-110H,13-61H2,1-12H3,(H,103,117)(H,104,118)(H,105,119)(H,111,112)(H,113,114)(H,115,116)/t62-,63-,64-,65-,66+,67+,68+,69+,70+,71+,72-,73-,74-,75+,76+,77+,78?,79+,80?,81-,82-,83+,84+,85+,89+,90+,94?,95?,96?,97+,98+,99+,100-,101-,102-/m1/s1. The van der Waals surface area contributed by atoms with Gasteiger partial charge in [0.2, 0.25) is 17.7 Å². The number of unbranched alkanes of at least 4 members (excludes halogenated alkanes) is 9. The first-order valence-electron chi connectivity index (χ1n) is 50.5. The van der Waals surface area contributed by atoms with E-state index >= 15 is 0 Å².